The van der Waals surface area contributed by atoms with Crippen LogP contribution in [0.4, 0.5) is 0 Å². The maximum absolute atomic E-state index is 9.74. The Hall–Kier alpha value is -1.39. The van der Waals surface area contributed by atoms with Crippen molar-refractivity contribution in [2.24, 2.45) is 0 Å². The third-order valence-corrected chi connectivity index (χ3v) is 1.50. The van der Waals surface area contributed by atoms with E-state index in [1.165, 1.54) is 0 Å². The molecule has 0 saturated carbocycles. The van der Waals surface area contributed by atoms with Crippen molar-refractivity contribution >= 4 is 6.47 Å². The van der Waals surface area contributed by atoms with Gasteiger partial charge < -0.3 is 4.74 Å². The lowest BCUT2D eigenvalue weighted by molar-refractivity contribution is -0.307. The summed E-state index contributed by atoms with van der Waals surface area (Å²) in [6.45, 7) is 1.21. The smallest absolute Gasteiger partial charge is 0.293 e. The van der Waals surface area contributed by atoms with E-state index in [-0.39, 0.29) is 13.2 Å². The Morgan fingerprint density at radius 3 is 2.57 bits per heavy atom. The van der Waals surface area contributed by atoms with Crippen molar-refractivity contribution in [3.05, 3.63) is 35.9 Å². The van der Waals surface area contributed by atoms with Gasteiger partial charge in [0.05, 0.1) is 0 Å². The van der Waals surface area contributed by atoms with Gasteiger partial charge in [-0.2, -0.15) is 0 Å². The zero-order valence-electron chi connectivity index (χ0n) is 7.72. The van der Waals surface area contributed by atoms with E-state index in [1.807, 2.05) is 30.3 Å². The number of carbonyl (C=O) groups excluding carboxylic acids is 1. The van der Waals surface area contributed by atoms with E-state index in [0.29, 0.717) is 13.1 Å². The van der Waals surface area contributed by atoms with Crippen LogP contribution in [0, 0.1) is 0 Å². The van der Waals surface area contributed by atoms with E-state index in [4.69, 9.17) is 9.78 Å². The lowest BCUT2D eigenvalue weighted by atomic mass is 10.2. The Labute approximate surface area is 82.3 Å². The molecule has 0 heterocycles. The van der Waals surface area contributed by atoms with Crippen LogP contribution < -0.4 is 0 Å². The summed E-state index contributed by atoms with van der Waals surface area (Å²) in [5, 5.41) is 0. The van der Waals surface area contributed by atoms with Gasteiger partial charge in [-0.25, -0.2) is 9.78 Å². The van der Waals surface area contributed by atoms with Crippen molar-refractivity contribution in [2.45, 2.75) is 6.61 Å². The van der Waals surface area contributed by atoms with Crippen LogP contribution in [0.25, 0.3) is 0 Å². The first-order valence-corrected chi connectivity index (χ1v) is 4.27. The minimum absolute atomic E-state index is 0.207. The summed E-state index contributed by atoms with van der Waals surface area (Å²) in [5.41, 5.74) is 1.03. The molecule has 1 rings (SSSR count). The largest absolute Gasteiger partial charge is 0.465 e. The second-order valence-corrected chi connectivity index (χ2v) is 2.54. The molecule has 1 aromatic carbocycles. The van der Waals surface area contributed by atoms with Gasteiger partial charge in [-0.15, -0.1) is 0 Å². The molecule has 0 amide bonds. The van der Waals surface area contributed by atoms with E-state index in [1.54, 1.807) is 0 Å². The average molecular weight is 196 g/mol. The summed E-state index contributed by atoms with van der Waals surface area (Å²) < 4.78 is 4.40. The molecular formula is C10H12O4. The molecule has 0 fully saturated rings. The Kier molecular flexibility index (Phi) is 5.39. The maximum atomic E-state index is 9.74. The monoisotopic (exact) mass is 196 g/mol. The highest BCUT2D eigenvalue weighted by atomic mass is 17.2. The van der Waals surface area contributed by atoms with Crippen LogP contribution in [0.1, 0.15) is 5.56 Å². The highest BCUT2D eigenvalue weighted by Gasteiger charge is 1.92. The fraction of sp³-hybridized carbons (Fsp3) is 0.300. The van der Waals surface area contributed by atoms with Gasteiger partial charge in [0.2, 0.25) is 0 Å². The van der Waals surface area contributed by atoms with Crippen molar-refractivity contribution in [1.82, 2.24) is 0 Å². The molecule has 0 aromatic heterocycles. The fourth-order valence-corrected chi connectivity index (χ4v) is 0.873. The molecule has 0 radical (unpaired) electrons. The second kappa shape index (κ2) is 7.06. The summed E-state index contributed by atoms with van der Waals surface area (Å²) >= 11 is 0. The van der Waals surface area contributed by atoms with Gasteiger partial charge in [0, 0.05) is 0 Å². The van der Waals surface area contributed by atoms with Crippen LogP contribution in [-0.4, -0.2) is 19.7 Å². The summed E-state index contributed by atoms with van der Waals surface area (Å²) in [7, 11) is 0. The van der Waals surface area contributed by atoms with Gasteiger partial charge in [-0.05, 0) is 5.56 Å². The van der Waals surface area contributed by atoms with Gasteiger partial charge in [0.1, 0.15) is 19.8 Å². The fourth-order valence-electron chi connectivity index (χ4n) is 0.873. The average Bonchev–Trinajstić information content (AvgIpc) is 2.25. The lowest BCUT2D eigenvalue weighted by Crippen LogP contribution is -2.03. The van der Waals surface area contributed by atoms with Crippen LogP contribution in [0.5, 0.6) is 0 Å². The number of hydrogen-bond acceptors (Lipinski definition) is 4. The van der Waals surface area contributed by atoms with Crippen LogP contribution >= 0.6 is 0 Å². The van der Waals surface area contributed by atoms with Crippen molar-refractivity contribution in [2.75, 3.05) is 13.2 Å². The maximum Gasteiger partial charge on any atom is 0.293 e. The summed E-state index contributed by atoms with van der Waals surface area (Å²) in [5.74, 6) is 0. The Balaban J connectivity index is 2.02. The minimum atomic E-state index is 0.207. The van der Waals surface area contributed by atoms with Gasteiger partial charge in [0.25, 0.3) is 6.47 Å². The Morgan fingerprint density at radius 1 is 1.07 bits per heavy atom. The van der Waals surface area contributed by atoms with E-state index in [2.05, 4.69) is 4.74 Å². The standard InChI is InChI=1S/C10H12O4/c11-9-12-6-7-13-14-8-10-4-2-1-3-5-10/h1-5,9H,6-8H2. The highest BCUT2D eigenvalue weighted by Crippen LogP contribution is 2.00. The van der Waals surface area contributed by atoms with E-state index in [0.717, 1.165) is 5.56 Å². The van der Waals surface area contributed by atoms with E-state index >= 15 is 0 Å². The SMILES string of the molecule is O=COCCOOCc1ccccc1. The van der Waals surface area contributed by atoms with Crippen molar-refractivity contribution in [3.63, 3.8) is 0 Å². The van der Waals surface area contributed by atoms with E-state index in [9.17, 15) is 4.79 Å². The Morgan fingerprint density at radius 2 is 1.86 bits per heavy atom. The lowest BCUT2D eigenvalue weighted by Gasteiger charge is -2.02. The quantitative estimate of drug-likeness (QED) is 0.285. The minimum Gasteiger partial charge on any atom is -0.465 e. The van der Waals surface area contributed by atoms with E-state index < -0.39 is 0 Å². The molecule has 4 heteroatoms. The van der Waals surface area contributed by atoms with Crippen LogP contribution in [0.2, 0.25) is 0 Å². The highest BCUT2D eigenvalue weighted by molar-refractivity contribution is 5.36. The number of hydrogen-bond donors (Lipinski definition) is 0. The topological polar surface area (TPSA) is 44.8 Å². The summed E-state index contributed by atoms with van der Waals surface area (Å²) in [6.07, 6.45) is 0. The first-order valence-electron chi connectivity index (χ1n) is 4.27. The zero-order valence-corrected chi connectivity index (χ0v) is 7.72. The van der Waals surface area contributed by atoms with Crippen molar-refractivity contribution < 1.29 is 19.3 Å². The molecule has 0 unspecified atom stereocenters. The van der Waals surface area contributed by atoms with Crippen molar-refractivity contribution in [1.29, 1.82) is 0 Å². The molecular weight excluding hydrogens is 184 g/mol. The van der Waals surface area contributed by atoms with Gasteiger partial charge in [-0.1, -0.05) is 30.3 Å². The second-order valence-electron chi connectivity index (χ2n) is 2.54. The van der Waals surface area contributed by atoms with Crippen molar-refractivity contribution in [3.8, 4) is 0 Å². The van der Waals surface area contributed by atoms with Crippen LogP contribution in [-0.2, 0) is 25.9 Å². The number of ether oxygens (including phenoxy) is 1. The molecule has 0 N–H and O–H groups in total. The van der Waals surface area contributed by atoms with Crippen LogP contribution in [0.3, 0.4) is 0 Å². The normalized spacial score (nSPS) is 9.71. The molecule has 1 aromatic rings. The molecule has 0 atom stereocenters. The molecule has 0 spiro atoms. The number of carbonyl (C=O) groups is 1. The molecule has 76 valence electrons. The third-order valence-electron chi connectivity index (χ3n) is 1.50. The van der Waals surface area contributed by atoms with Gasteiger partial charge >= 0.3 is 0 Å². The third kappa shape index (κ3) is 4.59. The number of benzene rings is 1. The molecule has 4 nitrogen and oxygen atoms in total. The molecule has 0 bridgehead atoms. The molecule has 0 aliphatic rings. The van der Waals surface area contributed by atoms with Crippen LogP contribution in [0.15, 0.2) is 30.3 Å². The van der Waals surface area contributed by atoms with Gasteiger partial charge in [0.15, 0.2) is 0 Å². The zero-order chi connectivity index (χ0) is 10.1. The predicted octanol–water partition coefficient (Wildman–Crippen LogP) is 1.31. The Bertz CT molecular complexity index is 248. The first kappa shape index (κ1) is 10.7. The summed E-state index contributed by atoms with van der Waals surface area (Å²) in [4.78, 5) is 19.4. The summed E-state index contributed by atoms with van der Waals surface area (Å²) in [6, 6.07) is 9.65. The molecule has 0 aliphatic carbocycles. The molecule has 0 saturated heterocycles. The predicted molar refractivity (Wildman–Crippen MR) is 49.2 cm³/mol. The molecule has 14 heavy (non-hydrogen) atoms. The number of rotatable bonds is 7. The molecule has 0 aliphatic heterocycles. The first-order chi connectivity index (χ1) is 6.93. The van der Waals surface area contributed by atoms with Gasteiger partial charge in [-0.3, -0.25) is 4.79 Å².